The fraction of sp³-hybridized carbons (Fsp3) is 0.368. The number of aliphatic hydroxyl groups is 2. The van der Waals surface area contributed by atoms with Gasteiger partial charge in [-0.1, -0.05) is 42.5 Å². The summed E-state index contributed by atoms with van der Waals surface area (Å²) in [6.45, 7) is 1.76. The number of benzene rings is 2. The van der Waals surface area contributed by atoms with Crippen LogP contribution in [-0.4, -0.2) is 35.7 Å². The Kier molecular flexibility index (Phi) is 6.30. The third-order valence-corrected chi connectivity index (χ3v) is 4.51. The Morgan fingerprint density at radius 1 is 0.857 bits per heavy atom. The summed E-state index contributed by atoms with van der Waals surface area (Å²) in [6, 6.07) is 11.6. The molecular weight excluding hydrogens is 388 g/mol. The van der Waals surface area contributed by atoms with E-state index in [2.05, 4.69) is 0 Å². The Hall–Kier alpha value is -2.26. The van der Waals surface area contributed by atoms with Gasteiger partial charge in [0, 0.05) is 17.8 Å². The summed E-state index contributed by atoms with van der Waals surface area (Å²) in [5, 5.41) is 19.2. The molecule has 3 nitrogen and oxygen atoms in total. The summed E-state index contributed by atoms with van der Waals surface area (Å²) < 4.78 is 78.0. The first-order chi connectivity index (χ1) is 13.0. The summed E-state index contributed by atoms with van der Waals surface area (Å²) in [4.78, 5) is 1.64. The average Bonchev–Trinajstić information content (AvgIpc) is 2.64. The van der Waals surface area contributed by atoms with Crippen molar-refractivity contribution in [3.8, 4) is 0 Å². The molecule has 0 aliphatic rings. The van der Waals surface area contributed by atoms with Crippen molar-refractivity contribution >= 4 is 5.69 Å². The van der Waals surface area contributed by atoms with Crippen LogP contribution in [0.2, 0.25) is 0 Å². The fourth-order valence-electron chi connectivity index (χ4n) is 3.02. The van der Waals surface area contributed by atoms with Crippen molar-refractivity contribution in [3.63, 3.8) is 0 Å². The van der Waals surface area contributed by atoms with Crippen LogP contribution in [0.3, 0.4) is 0 Å². The molecule has 0 bridgehead atoms. The summed E-state index contributed by atoms with van der Waals surface area (Å²) in [5.41, 5.74) is -5.25. The number of hydrogen-bond acceptors (Lipinski definition) is 3. The zero-order valence-corrected chi connectivity index (χ0v) is 14.8. The van der Waals surface area contributed by atoms with Gasteiger partial charge in [0.1, 0.15) is 0 Å². The van der Waals surface area contributed by atoms with Crippen LogP contribution in [0.25, 0.3) is 0 Å². The van der Waals surface area contributed by atoms with Crippen LogP contribution in [0.4, 0.5) is 32.0 Å². The van der Waals surface area contributed by atoms with Crippen LogP contribution >= 0.6 is 0 Å². The third kappa shape index (κ3) is 3.95. The number of rotatable bonds is 6. The number of aliphatic hydroxyl groups excluding tert-OH is 1. The molecule has 154 valence electrons. The number of anilines is 1. The minimum Gasteiger partial charge on any atom is -0.394 e. The second-order valence-corrected chi connectivity index (χ2v) is 6.15. The maximum absolute atomic E-state index is 13.0. The van der Waals surface area contributed by atoms with Gasteiger partial charge in [-0.25, -0.2) is 0 Å². The fourth-order valence-corrected chi connectivity index (χ4v) is 3.02. The van der Waals surface area contributed by atoms with E-state index in [0.29, 0.717) is 24.4 Å². The summed E-state index contributed by atoms with van der Waals surface area (Å²) in [5.74, 6) is 0. The van der Waals surface area contributed by atoms with Crippen molar-refractivity contribution in [2.45, 2.75) is 30.9 Å². The lowest BCUT2D eigenvalue weighted by Gasteiger charge is -2.34. The molecule has 0 radical (unpaired) electrons. The molecule has 28 heavy (non-hydrogen) atoms. The largest absolute Gasteiger partial charge is 0.430 e. The molecular formula is C19H19F6NO2. The van der Waals surface area contributed by atoms with Gasteiger partial charge in [-0.15, -0.1) is 0 Å². The second-order valence-electron chi connectivity index (χ2n) is 6.15. The Morgan fingerprint density at radius 2 is 1.36 bits per heavy atom. The molecule has 2 aromatic rings. The standard InChI is InChI=1S/C19H19F6NO2/c1-2-26(16(12-27)13-6-4-3-5-7-13)15-10-8-14(9-11-15)17(28,18(20,21)22)19(23,24)25/h3-11,16,27-28H,2,12H2,1H3/t16-/m1/s1. The van der Waals surface area contributed by atoms with Gasteiger partial charge in [-0.3, -0.25) is 0 Å². The molecule has 2 aromatic carbocycles. The molecule has 0 fully saturated rings. The predicted molar refractivity (Wildman–Crippen MR) is 91.7 cm³/mol. The highest BCUT2D eigenvalue weighted by Crippen LogP contribution is 2.50. The maximum Gasteiger partial charge on any atom is 0.430 e. The number of hydrogen-bond donors (Lipinski definition) is 2. The summed E-state index contributed by atoms with van der Waals surface area (Å²) in [6.07, 6.45) is -11.9. The molecule has 0 amide bonds. The van der Waals surface area contributed by atoms with E-state index < -0.39 is 29.6 Å². The molecule has 0 unspecified atom stereocenters. The maximum atomic E-state index is 13.0. The molecule has 2 N–H and O–H groups in total. The van der Waals surface area contributed by atoms with Crippen molar-refractivity contribution < 1.29 is 36.6 Å². The van der Waals surface area contributed by atoms with Gasteiger partial charge in [0.15, 0.2) is 0 Å². The van der Waals surface area contributed by atoms with Crippen LogP contribution in [-0.2, 0) is 5.60 Å². The first-order valence-corrected chi connectivity index (χ1v) is 8.36. The van der Waals surface area contributed by atoms with E-state index in [1.165, 1.54) is 0 Å². The van der Waals surface area contributed by atoms with E-state index in [-0.39, 0.29) is 6.61 Å². The van der Waals surface area contributed by atoms with Gasteiger partial charge in [0.05, 0.1) is 12.6 Å². The van der Waals surface area contributed by atoms with Crippen LogP contribution in [0, 0.1) is 0 Å². The van der Waals surface area contributed by atoms with E-state index >= 15 is 0 Å². The van der Waals surface area contributed by atoms with Gasteiger partial charge < -0.3 is 15.1 Å². The van der Waals surface area contributed by atoms with Crippen molar-refractivity contribution in [2.75, 3.05) is 18.1 Å². The molecule has 1 atom stereocenters. The van der Waals surface area contributed by atoms with Crippen molar-refractivity contribution in [1.29, 1.82) is 0 Å². The Labute approximate surface area is 157 Å². The molecule has 9 heteroatoms. The molecule has 0 saturated carbocycles. The molecule has 2 rings (SSSR count). The minimum absolute atomic E-state index is 0.306. The number of alkyl halides is 6. The molecule has 0 aliphatic carbocycles. The van der Waals surface area contributed by atoms with Crippen LogP contribution in [0.5, 0.6) is 0 Å². The molecule has 0 spiro atoms. The lowest BCUT2D eigenvalue weighted by Crippen LogP contribution is -2.53. The van der Waals surface area contributed by atoms with E-state index in [9.17, 15) is 36.6 Å². The molecule has 0 heterocycles. The number of likely N-dealkylation sites (N-methyl/N-ethyl adjacent to an activating group) is 1. The van der Waals surface area contributed by atoms with Gasteiger partial charge in [-0.05, 0) is 24.6 Å². The zero-order chi connectivity index (χ0) is 21.2. The first-order valence-electron chi connectivity index (χ1n) is 8.36. The van der Waals surface area contributed by atoms with Gasteiger partial charge in [0.25, 0.3) is 5.60 Å². The minimum atomic E-state index is -5.94. The lowest BCUT2D eigenvalue weighted by atomic mass is 9.92. The molecule has 0 aromatic heterocycles. The van der Waals surface area contributed by atoms with E-state index in [1.54, 1.807) is 42.2 Å². The van der Waals surface area contributed by atoms with Gasteiger partial charge in [-0.2, -0.15) is 26.3 Å². The third-order valence-electron chi connectivity index (χ3n) is 4.51. The summed E-state index contributed by atoms with van der Waals surface area (Å²) >= 11 is 0. The lowest BCUT2D eigenvalue weighted by molar-refractivity contribution is -0.376. The van der Waals surface area contributed by atoms with Gasteiger partial charge >= 0.3 is 12.4 Å². The van der Waals surface area contributed by atoms with Crippen LogP contribution < -0.4 is 4.90 Å². The normalized spacial score (nSPS) is 14.0. The first kappa shape index (κ1) is 22.0. The van der Waals surface area contributed by atoms with E-state index in [1.807, 2.05) is 0 Å². The van der Waals surface area contributed by atoms with Gasteiger partial charge in [0.2, 0.25) is 0 Å². The smallest absolute Gasteiger partial charge is 0.394 e. The van der Waals surface area contributed by atoms with Crippen molar-refractivity contribution in [3.05, 3.63) is 65.7 Å². The topological polar surface area (TPSA) is 43.7 Å². The highest BCUT2D eigenvalue weighted by atomic mass is 19.4. The SMILES string of the molecule is CCN(c1ccc(C(O)(C(F)(F)F)C(F)(F)F)cc1)[C@H](CO)c1ccccc1. The number of nitrogens with zero attached hydrogens (tertiary/aromatic N) is 1. The Balaban J connectivity index is 2.44. The number of halogens is 6. The van der Waals surface area contributed by atoms with Crippen molar-refractivity contribution in [2.24, 2.45) is 0 Å². The van der Waals surface area contributed by atoms with Crippen molar-refractivity contribution in [1.82, 2.24) is 0 Å². The summed E-state index contributed by atoms with van der Waals surface area (Å²) in [7, 11) is 0. The Bertz CT molecular complexity index is 745. The second kappa shape index (κ2) is 8.00. The van der Waals surface area contributed by atoms with E-state index in [4.69, 9.17) is 0 Å². The Morgan fingerprint density at radius 3 is 1.75 bits per heavy atom. The molecule has 0 saturated heterocycles. The molecule has 0 aliphatic heterocycles. The quantitative estimate of drug-likeness (QED) is 0.690. The predicted octanol–water partition coefficient (Wildman–Crippen LogP) is 4.56. The highest BCUT2D eigenvalue weighted by Gasteiger charge is 2.71. The zero-order valence-electron chi connectivity index (χ0n) is 14.8. The van der Waals surface area contributed by atoms with Crippen LogP contribution in [0.1, 0.15) is 24.1 Å². The monoisotopic (exact) mass is 407 g/mol. The highest BCUT2D eigenvalue weighted by molar-refractivity contribution is 5.51. The van der Waals surface area contributed by atoms with Crippen LogP contribution in [0.15, 0.2) is 54.6 Å². The average molecular weight is 407 g/mol. The van der Waals surface area contributed by atoms with E-state index in [0.717, 1.165) is 17.7 Å².